The molecule has 0 saturated heterocycles. The first-order chi connectivity index (χ1) is 13.9. The molecule has 0 bridgehead atoms. The summed E-state index contributed by atoms with van der Waals surface area (Å²) in [4.78, 5) is 37.8. The van der Waals surface area contributed by atoms with E-state index in [4.69, 9.17) is 17.0 Å². The van der Waals surface area contributed by atoms with Crippen LogP contribution in [0.25, 0.3) is 0 Å². The van der Waals surface area contributed by atoms with Gasteiger partial charge in [0.05, 0.1) is 24.3 Å². The molecule has 2 N–H and O–H groups in total. The van der Waals surface area contributed by atoms with Crippen LogP contribution >= 0.6 is 12.2 Å². The highest BCUT2D eigenvalue weighted by Crippen LogP contribution is 2.22. The summed E-state index contributed by atoms with van der Waals surface area (Å²) in [7, 11) is 1.70. The molecule has 0 radical (unpaired) electrons. The summed E-state index contributed by atoms with van der Waals surface area (Å²) < 4.78 is 4.81. The third kappa shape index (κ3) is 7.12. The number of hydrogen-bond acceptors (Lipinski definition) is 5. The van der Waals surface area contributed by atoms with Crippen molar-refractivity contribution < 1.29 is 19.1 Å². The largest absolute Gasteiger partial charge is 0.466 e. The van der Waals surface area contributed by atoms with Crippen LogP contribution in [0.4, 0.5) is 5.69 Å². The number of thiocarbonyl (C=S) groups is 1. The van der Waals surface area contributed by atoms with Crippen LogP contribution in [0.3, 0.4) is 0 Å². The van der Waals surface area contributed by atoms with Crippen molar-refractivity contribution >= 4 is 40.8 Å². The normalized spacial score (nSPS) is 14.0. The Morgan fingerprint density at radius 3 is 2.52 bits per heavy atom. The van der Waals surface area contributed by atoms with Crippen LogP contribution in [0.2, 0.25) is 0 Å². The molecule has 0 aromatic heterocycles. The standard InChI is InChI=1S/C21H29N3O4S/c1-3-28-19(26)14-13-18(25)23-21(29)24(2)17-12-8-7-11-16(17)20(27)22-15-9-5-4-6-10-15/h7-8,11-12,15H,3-6,9-10,13-14H2,1-2H3,(H,22,27)(H,23,25,29). The van der Waals surface area contributed by atoms with Crippen molar-refractivity contribution in [3.05, 3.63) is 29.8 Å². The molecule has 7 nitrogen and oxygen atoms in total. The van der Waals surface area contributed by atoms with Gasteiger partial charge in [-0.25, -0.2) is 0 Å². The van der Waals surface area contributed by atoms with Gasteiger partial charge >= 0.3 is 5.97 Å². The SMILES string of the molecule is CCOC(=O)CCC(=O)NC(=S)N(C)c1ccccc1C(=O)NC1CCCCC1. The van der Waals surface area contributed by atoms with Gasteiger partial charge in [0.2, 0.25) is 5.91 Å². The molecule has 1 fully saturated rings. The first-order valence-electron chi connectivity index (χ1n) is 10.1. The monoisotopic (exact) mass is 419 g/mol. The van der Waals surface area contributed by atoms with Crippen LogP contribution < -0.4 is 15.5 Å². The molecule has 0 aliphatic heterocycles. The summed E-state index contributed by atoms with van der Waals surface area (Å²) in [5.74, 6) is -0.943. The lowest BCUT2D eigenvalue weighted by molar-refractivity contribution is -0.144. The van der Waals surface area contributed by atoms with Crippen LogP contribution in [-0.4, -0.2) is 42.6 Å². The van der Waals surface area contributed by atoms with Crippen molar-refractivity contribution in [1.29, 1.82) is 0 Å². The number of amides is 2. The number of esters is 1. The minimum atomic E-state index is -0.424. The number of rotatable bonds is 7. The Balaban J connectivity index is 1.98. The van der Waals surface area contributed by atoms with Crippen LogP contribution in [0, 0.1) is 0 Å². The summed E-state index contributed by atoms with van der Waals surface area (Å²) in [6.07, 6.45) is 5.46. The van der Waals surface area contributed by atoms with Crippen LogP contribution in [-0.2, 0) is 14.3 Å². The minimum Gasteiger partial charge on any atom is -0.466 e. The predicted molar refractivity (Wildman–Crippen MR) is 116 cm³/mol. The lowest BCUT2D eigenvalue weighted by atomic mass is 9.95. The van der Waals surface area contributed by atoms with Gasteiger partial charge in [-0.2, -0.15) is 0 Å². The van der Waals surface area contributed by atoms with E-state index in [0.29, 0.717) is 11.3 Å². The fourth-order valence-corrected chi connectivity index (χ4v) is 3.50. The molecule has 0 atom stereocenters. The second-order valence-electron chi connectivity index (χ2n) is 7.04. The van der Waals surface area contributed by atoms with Gasteiger partial charge in [-0.05, 0) is 44.1 Å². The Morgan fingerprint density at radius 2 is 1.83 bits per heavy atom. The lowest BCUT2D eigenvalue weighted by Crippen LogP contribution is -2.42. The van der Waals surface area contributed by atoms with Gasteiger partial charge in [-0.15, -0.1) is 0 Å². The maximum Gasteiger partial charge on any atom is 0.306 e. The Hall–Kier alpha value is -2.48. The van der Waals surface area contributed by atoms with Gasteiger partial charge in [0.15, 0.2) is 5.11 Å². The number of anilines is 1. The fourth-order valence-electron chi connectivity index (χ4n) is 3.29. The first kappa shape index (κ1) is 22.8. The smallest absolute Gasteiger partial charge is 0.306 e. The predicted octanol–water partition coefficient (Wildman–Crippen LogP) is 2.93. The van der Waals surface area contributed by atoms with E-state index in [2.05, 4.69) is 10.6 Å². The molecule has 0 spiro atoms. The summed E-state index contributed by atoms with van der Waals surface area (Å²) in [6.45, 7) is 1.99. The summed E-state index contributed by atoms with van der Waals surface area (Å²) in [6, 6.07) is 7.34. The van der Waals surface area contributed by atoms with E-state index >= 15 is 0 Å². The molecule has 158 valence electrons. The first-order valence-corrected chi connectivity index (χ1v) is 10.5. The van der Waals surface area contributed by atoms with Gasteiger partial charge < -0.3 is 20.3 Å². The maximum absolute atomic E-state index is 12.8. The third-order valence-corrected chi connectivity index (χ3v) is 5.24. The summed E-state index contributed by atoms with van der Waals surface area (Å²) >= 11 is 5.32. The van der Waals surface area contributed by atoms with Gasteiger partial charge in [-0.1, -0.05) is 31.4 Å². The van der Waals surface area contributed by atoms with Crippen molar-refractivity contribution in [2.24, 2.45) is 0 Å². The van der Waals surface area contributed by atoms with Gasteiger partial charge in [-0.3, -0.25) is 14.4 Å². The topological polar surface area (TPSA) is 87.7 Å². The average molecular weight is 420 g/mol. The van der Waals surface area contributed by atoms with E-state index in [1.165, 1.54) is 6.42 Å². The van der Waals surface area contributed by atoms with Crippen molar-refractivity contribution in [3.8, 4) is 0 Å². The van der Waals surface area contributed by atoms with E-state index in [-0.39, 0.29) is 42.4 Å². The molecular formula is C21H29N3O4S. The Kier molecular flexibility index (Phi) is 9.05. The number of carbonyl (C=O) groups is 3. The van der Waals surface area contributed by atoms with E-state index in [1.54, 1.807) is 37.1 Å². The number of benzene rings is 1. The van der Waals surface area contributed by atoms with E-state index < -0.39 is 5.97 Å². The van der Waals surface area contributed by atoms with Crippen molar-refractivity contribution in [1.82, 2.24) is 10.6 Å². The molecule has 1 aliphatic rings. The van der Waals surface area contributed by atoms with Gasteiger partial charge in [0.25, 0.3) is 5.91 Å². The molecule has 8 heteroatoms. The molecule has 1 aliphatic carbocycles. The summed E-state index contributed by atoms with van der Waals surface area (Å²) in [5.41, 5.74) is 1.11. The molecule has 1 saturated carbocycles. The van der Waals surface area contributed by atoms with Crippen LogP contribution in [0.15, 0.2) is 24.3 Å². The molecular weight excluding hydrogens is 390 g/mol. The Morgan fingerprint density at radius 1 is 1.14 bits per heavy atom. The van der Waals surface area contributed by atoms with E-state index in [9.17, 15) is 14.4 Å². The number of ether oxygens (including phenoxy) is 1. The average Bonchev–Trinajstić information content (AvgIpc) is 2.72. The molecule has 2 rings (SSSR count). The van der Waals surface area contributed by atoms with Crippen molar-refractivity contribution in [2.45, 2.75) is 57.9 Å². The van der Waals surface area contributed by atoms with Crippen LogP contribution in [0.1, 0.15) is 62.2 Å². The fraction of sp³-hybridized carbons (Fsp3) is 0.524. The zero-order valence-corrected chi connectivity index (χ0v) is 17.8. The highest BCUT2D eigenvalue weighted by atomic mass is 32.1. The quantitative estimate of drug-likeness (QED) is 0.522. The molecule has 0 unspecified atom stereocenters. The number of para-hydroxylation sites is 1. The van der Waals surface area contributed by atoms with Gasteiger partial charge in [0.1, 0.15) is 0 Å². The molecule has 2 amide bonds. The minimum absolute atomic E-state index is 0.00756. The molecule has 29 heavy (non-hydrogen) atoms. The number of nitrogens with zero attached hydrogens (tertiary/aromatic N) is 1. The summed E-state index contributed by atoms with van der Waals surface area (Å²) in [5, 5.41) is 5.87. The molecule has 1 aromatic rings. The number of nitrogens with one attached hydrogen (secondary N) is 2. The maximum atomic E-state index is 12.8. The number of carbonyl (C=O) groups excluding carboxylic acids is 3. The van der Waals surface area contributed by atoms with E-state index in [1.807, 2.05) is 6.07 Å². The van der Waals surface area contributed by atoms with Crippen molar-refractivity contribution in [3.63, 3.8) is 0 Å². The van der Waals surface area contributed by atoms with Crippen LogP contribution in [0.5, 0.6) is 0 Å². The Labute approximate surface area is 177 Å². The zero-order chi connectivity index (χ0) is 21.2. The lowest BCUT2D eigenvalue weighted by Gasteiger charge is -2.26. The highest BCUT2D eigenvalue weighted by molar-refractivity contribution is 7.80. The van der Waals surface area contributed by atoms with E-state index in [0.717, 1.165) is 25.7 Å². The number of hydrogen-bond donors (Lipinski definition) is 2. The van der Waals surface area contributed by atoms with Gasteiger partial charge in [0, 0.05) is 19.5 Å². The zero-order valence-electron chi connectivity index (χ0n) is 17.0. The van der Waals surface area contributed by atoms with Crippen molar-refractivity contribution in [2.75, 3.05) is 18.6 Å². The molecule has 0 heterocycles. The second kappa shape index (κ2) is 11.5. The highest BCUT2D eigenvalue weighted by Gasteiger charge is 2.21. The second-order valence-corrected chi connectivity index (χ2v) is 7.43. The molecule has 1 aromatic carbocycles. The third-order valence-electron chi connectivity index (χ3n) is 4.86. The Bertz CT molecular complexity index is 747.